The Kier molecular flexibility index (Phi) is 10.0. The van der Waals surface area contributed by atoms with E-state index >= 15 is 4.39 Å². The summed E-state index contributed by atoms with van der Waals surface area (Å²) in [5.41, 5.74) is 1.67. The maximum Gasteiger partial charge on any atom is 0.362 e. The van der Waals surface area contributed by atoms with Crippen LogP contribution in [-0.4, -0.2) is 71.9 Å². The number of anilines is 1. The van der Waals surface area contributed by atoms with Gasteiger partial charge in [0.15, 0.2) is 17.9 Å². The lowest BCUT2D eigenvalue weighted by Crippen LogP contribution is -2.44. The molecule has 1 aliphatic rings. The average Bonchev–Trinajstić information content (AvgIpc) is 3.65. The predicted molar refractivity (Wildman–Crippen MR) is 186 cm³/mol. The van der Waals surface area contributed by atoms with Gasteiger partial charge in [0, 0.05) is 69.3 Å². The number of ether oxygens (including phenoxy) is 1. The molecule has 0 radical (unpaired) electrons. The van der Waals surface area contributed by atoms with Crippen molar-refractivity contribution in [1.29, 1.82) is 0 Å². The number of ketones is 1. The number of amides is 2. The van der Waals surface area contributed by atoms with Crippen LogP contribution in [0.4, 0.5) is 14.5 Å². The Balaban J connectivity index is 1.31. The Hall–Kier alpha value is -5.01. The van der Waals surface area contributed by atoms with Crippen LogP contribution in [0.5, 0.6) is 5.75 Å². The lowest BCUT2D eigenvalue weighted by Gasteiger charge is -2.24. The Labute approximate surface area is 295 Å². The third kappa shape index (κ3) is 7.69. The van der Waals surface area contributed by atoms with Gasteiger partial charge in [0.1, 0.15) is 30.3 Å². The number of carbonyl (C=O) groups excluding carboxylic acids is 3. The number of nitrogens with zero attached hydrogens (tertiary/aromatic N) is 4. The van der Waals surface area contributed by atoms with E-state index in [0.717, 1.165) is 4.90 Å². The normalized spacial score (nSPS) is 16.0. The second-order valence-corrected chi connectivity index (χ2v) is 14.1. The lowest BCUT2D eigenvalue weighted by atomic mass is 10.0. The van der Waals surface area contributed by atoms with Crippen molar-refractivity contribution in [2.45, 2.75) is 39.0 Å². The number of likely N-dealkylation sites (tertiary alicyclic amines) is 1. The molecule has 0 bridgehead atoms. The molecular formula is C35H31ClF2N5O7P. The van der Waals surface area contributed by atoms with Crippen molar-refractivity contribution in [2.75, 3.05) is 18.2 Å². The van der Waals surface area contributed by atoms with Gasteiger partial charge in [-0.1, -0.05) is 41.9 Å². The van der Waals surface area contributed by atoms with Gasteiger partial charge in [-0.3, -0.25) is 18.9 Å². The largest absolute Gasteiger partial charge is 0.480 e. The van der Waals surface area contributed by atoms with Gasteiger partial charge in [-0.25, -0.2) is 18.7 Å². The molecule has 3 heterocycles. The molecule has 2 aromatic heterocycles. The van der Waals surface area contributed by atoms with Crippen LogP contribution in [0, 0.1) is 12.7 Å². The number of rotatable bonds is 10. The molecule has 1 fully saturated rings. The van der Waals surface area contributed by atoms with Gasteiger partial charge in [-0.2, -0.15) is 0 Å². The highest BCUT2D eigenvalue weighted by molar-refractivity contribution is 7.51. The molecule has 0 saturated carbocycles. The molecule has 12 nitrogen and oxygen atoms in total. The summed E-state index contributed by atoms with van der Waals surface area (Å²) in [6.07, 6.45) is 1.60. The van der Waals surface area contributed by atoms with E-state index in [9.17, 15) is 33.1 Å². The molecule has 264 valence electrons. The maximum atomic E-state index is 15.6. The standard InChI is InChI=1S/C35H31ClF2N5O7P/c1-19(44)27-16-42(30-12-32(50-18-51(47,48)49)25(11-26(27)30)21-13-39-20(2)40-14-21)17-33(45)43-15-22(37)10-31(43)35(46)41-29-9-5-7-24(34(29)38)23-6-3-4-8-28(23)36/h3-9,11-14,16,22,31H,10,15,17-18H2,1-2H3,(H,41,46)(H2,47,48,49)/t22-,31?/m1/s1. The molecule has 2 atom stereocenters. The molecule has 0 spiro atoms. The highest BCUT2D eigenvalue weighted by atomic mass is 35.5. The lowest BCUT2D eigenvalue weighted by molar-refractivity contribution is -0.137. The molecule has 51 heavy (non-hydrogen) atoms. The molecule has 2 amide bonds. The van der Waals surface area contributed by atoms with Crippen molar-refractivity contribution >= 4 is 53.4 Å². The van der Waals surface area contributed by atoms with E-state index in [4.69, 9.17) is 16.3 Å². The third-order valence-corrected chi connectivity index (χ3v) is 9.24. The molecule has 6 rings (SSSR count). The fourth-order valence-corrected chi connectivity index (χ4v) is 6.58. The number of aromatic nitrogens is 3. The zero-order valence-electron chi connectivity index (χ0n) is 27.2. The van der Waals surface area contributed by atoms with E-state index in [1.807, 2.05) is 0 Å². The number of alkyl halides is 1. The van der Waals surface area contributed by atoms with Crippen molar-refractivity contribution in [3.05, 3.63) is 95.4 Å². The van der Waals surface area contributed by atoms with E-state index in [1.54, 1.807) is 37.3 Å². The summed E-state index contributed by atoms with van der Waals surface area (Å²) >= 11 is 6.26. The molecular weight excluding hydrogens is 707 g/mol. The minimum absolute atomic E-state index is 0.0171. The van der Waals surface area contributed by atoms with E-state index in [1.165, 1.54) is 54.3 Å². The van der Waals surface area contributed by atoms with Crippen LogP contribution in [0.2, 0.25) is 5.02 Å². The monoisotopic (exact) mass is 737 g/mol. The first-order valence-corrected chi connectivity index (χ1v) is 17.8. The molecule has 1 aliphatic heterocycles. The number of nitrogens with one attached hydrogen (secondary N) is 1. The first kappa shape index (κ1) is 35.8. The smallest absolute Gasteiger partial charge is 0.362 e. The highest BCUT2D eigenvalue weighted by Crippen LogP contribution is 2.40. The van der Waals surface area contributed by atoms with Crippen molar-refractivity contribution in [2.24, 2.45) is 0 Å². The Morgan fingerprint density at radius 1 is 1.06 bits per heavy atom. The number of halogens is 3. The van der Waals surface area contributed by atoms with Crippen LogP contribution < -0.4 is 10.1 Å². The fraction of sp³-hybridized carbons (Fsp3) is 0.229. The number of aryl methyl sites for hydroxylation is 1. The summed E-state index contributed by atoms with van der Waals surface area (Å²) in [5, 5.41) is 3.19. The molecule has 16 heteroatoms. The zero-order valence-corrected chi connectivity index (χ0v) is 28.9. The summed E-state index contributed by atoms with van der Waals surface area (Å²) < 4.78 is 49.1. The van der Waals surface area contributed by atoms with Crippen LogP contribution in [0.3, 0.4) is 0 Å². The number of hydrogen-bond acceptors (Lipinski definition) is 7. The third-order valence-electron chi connectivity index (χ3n) is 8.44. The van der Waals surface area contributed by atoms with Crippen LogP contribution in [0.25, 0.3) is 33.2 Å². The van der Waals surface area contributed by atoms with E-state index in [2.05, 4.69) is 15.3 Å². The first-order valence-electron chi connectivity index (χ1n) is 15.6. The number of fused-ring (bicyclic) bond motifs is 1. The Morgan fingerprint density at radius 3 is 2.45 bits per heavy atom. The van der Waals surface area contributed by atoms with Crippen molar-refractivity contribution in [3.63, 3.8) is 0 Å². The summed E-state index contributed by atoms with van der Waals surface area (Å²) in [5.74, 6) is -2.06. The van der Waals surface area contributed by atoms with Gasteiger partial charge in [-0.15, -0.1) is 0 Å². The second kappa shape index (κ2) is 14.3. The number of Topliss-reactive ketones (excluding diaryl/α,β-unsaturated/α-hetero) is 1. The highest BCUT2D eigenvalue weighted by Gasteiger charge is 2.40. The minimum Gasteiger partial charge on any atom is -0.480 e. The molecule has 0 aliphatic carbocycles. The number of benzene rings is 3. The second-order valence-electron chi connectivity index (χ2n) is 12.1. The van der Waals surface area contributed by atoms with Gasteiger partial charge >= 0.3 is 7.60 Å². The van der Waals surface area contributed by atoms with E-state index in [-0.39, 0.29) is 34.8 Å². The Morgan fingerprint density at radius 2 is 1.76 bits per heavy atom. The summed E-state index contributed by atoms with van der Waals surface area (Å²) in [6.45, 7) is 2.18. The van der Waals surface area contributed by atoms with Crippen molar-refractivity contribution in [3.8, 4) is 28.0 Å². The van der Waals surface area contributed by atoms with E-state index < -0.39 is 56.9 Å². The SMILES string of the molecule is CC(=O)c1cn(CC(=O)N2C[C@H](F)CC2C(=O)Nc2cccc(-c3ccccc3Cl)c2F)c2cc(OCP(=O)(O)O)c(-c3cnc(C)nc3)cc12. The molecule has 5 aromatic rings. The number of hydrogen-bond donors (Lipinski definition) is 3. The van der Waals surface area contributed by atoms with Crippen LogP contribution >= 0.6 is 19.2 Å². The quantitative estimate of drug-likeness (QED) is 0.113. The molecule has 1 unspecified atom stereocenters. The predicted octanol–water partition coefficient (Wildman–Crippen LogP) is 6.16. The van der Waals surface area contributed by atoms with Gasteiger partial charge < -0.3 is 29.3 Å². The maximum absolute atomic E-state index is 15.6. The van der Waals surface area contributed by atoms with Gasteiger partial charge in [-0.05, 0) is 32.0 Å². The number of carbonyl (C=O) groups is 3. The topological polar surface area (TPSA) is 164 Å². The van der Waals surface area contributed by atoms with Crippen molar-refractivity contribution in [1.82, 2.24) is 19.4 Å². The molecule has 3 aromatic carbocycles. The van der Waals surface area contributed by atoms with E-state index in [0.29, 0.717) is 38.4 Å². The zero-order chi connectivity index (χ0) is 36.6. The first-order chi connectivity index (χ1) is 24.2. The minimum atomic E-state index is -4.62. The van der Waals surface area contributed by atoms with Crippen LogP contribution in [-0.2, 0) is 20.7 Å². The van der Waals surface area contributed by atoms with Gasteiger partial charge in [0.2, 0.25) is 11.8 Å². The Bertz CT molecular complexity index is 2230. The fourth-order valence-electron chi connectivity index (χ4n) is 6.04. The molecule has 3 N–H and O–H groups in total. The summed E-state index contributed by atoms with van der Waals surface area (Å²) in [7, 11) is -4.62. The average molecular weight is 738 g/mol. The van der Waals surface area contributed by atoms with Crippen molar-refractivity contribution < 1.29 is 42.3 Å². The molecule has 1 saturated heterocycles. The van der Waals surface area contributed by atoms with Crippen LogP contribution in [0.15, 0.2) is 73.2 Å². The van der Waals surface area contributed by atoms with Gasteiger partial charge in [0.25, 0.3) is 0 Å². The van der Waals surface area contributed by atoms with Crippen LogP contribution in [0.1, 0.15) is 29.5 Å². The summed E-state index contributed by atoms with van der Waals surface area (Å²) in [6, 6.07) is 12.7. The van der Waals surface area contributed by atoms with Gasteiger partial charge in [0.05, 0.1) is 17.7 Å². The summed E-state index contributed by atoms with van der Waals surface area (Å²) in [4.78, 5) is 68.5.